The number of carbonyl (C=O) groups excluding carboxylic acids is 3. The largest absolute Gasteiger partial charge is 0.452 e. The van der Waals surface area contributed by atoms with Crippen LogP contribution in [0, 0.1) is 13.8 Å². The predicted molar refractivity (Wildman–Crippen MR) is 82.6 cm³/mol. The summed E-state index contributed by atoms with van der Waals surface area (Å²) in [6, 6.07) is 4.52. The quantitative estimate of drug-likeness (QED) is 0.816. The molecule has 22 heavy (non-hydrogen) atoms. The number of benzene rings is 1. The van der Waals surface area contributed by atoms with Crippen molar-refractivity contribution in [1.82, 2.24) is 10.6 Å². The topological polar surface area (TPSA) is 84.5 Å². The second kappa shape index (κ2) is 8.17. The van der Waals surface area contributed by atoms with E-state index in [-0.39, 0.29) is 6.04 Å². The molecule has 0 aliphatic rings. The zero-order valence-electron chi connectivity index (χ0n) is 13.4. The fraction of sp³-hybridized carbons (Fsp3) is 0.438. The smallest absolute Gasteiger partial charge is 0.338 e. The van der Waals surface area contributed by atoms with Crippen molar-refractivity contribution in [3.63, 3.8) is 0 Å². The van der Waals surface area contributed by atoms with Crippen molar-refractivity contribution < 1.29 is 19.1 Å². The SMILES string of the molecule is CC[C@H](C)NC(=O)NC(=O)COC(=O)c1ccc(C)c(C)c1. The molecular weight excluding hydrogens is 284 g/mol. The Kier molecular flexibility index (Phi) is 6.56. The van der Waals surface area contributed by atoms with Gasteiger partial charge in [-0.2, -0.15) is 0 Å². The molecule has 0 fully saturated rings. The van der Waals surface area contributed by atoms with Gasteiger partial charge in [0.05, 0.1) is 5.56 Å². The maximum atomic E-state index is 11.8. The van der Waals surface area contributed by atoms with E-state index in [1.807, 2.05) is 33.8 Å². The van der Waals surface area contributed by atoms with Crippen LogP contribution >= 0.6 is 0 Å². The van der Waals surface area contributed by atoms with Crippen LogP contribution in [0.2, 0.25) is 0 Å². The number of hydrogen-bond acceptors (Lipinski definition) is 4. The molecule has 0 heterocycles. The highest BCUT2D eigenvalue weighted by atomic mass is 16.5. The minimum Gasteiger partial charge on any atom is -0.452 e. The van der Waals surface area contributed by atoms with Crippen molar-refractivity contribution in [2.24, 2.45) is 0 Å². The molecular formula is C16H22N2O4. The first-order valence-corrected chi connectivity index (χ1v) is 7.18. The summed E-state index contributed by atoms with van der Waals surface area (Å²) in [6.45, 7) is 7.06. The van der Waals surface area contributed by atoms with E-state index in [9.17, 15) is 14.4 Å². The number of hydrogen-bond donors (Lipinski definition) is 2. The Morgan fingerprint density at radius 3 is 2.45 bits per heavy atom. The molecule has 1 aromatic carbocycles. The Balaban J connectivity index is 2.45. The molecule has 0 bridgehead atoms. The van der Waals surface area contributed by atoms with Gasteiger partial charge in [0, 0.05) is 6.04 Å². The highest BCUT2D eigenvalue weighted by molar-refractivity contribution is 5.97. The van der Waals surface area contributed by atoms with Crippen LogP contribution in [-0.4, -0.2) is 30.6 Å². The molecule has 0 saturated carbocycles. The average Bonchev–Trinajstić information content (AvgIpc) is 2.47. The highest BCUT2D eigenvalue weighted by Gasteiger charge is 2.13. The summed E-state index contributed by atoms with van der Waals surface area (Å²) in [5, 5.41) is 4.69. The Labute approximate surface area is 130 Å². The van der Waals surface area contributed by atoms with E-state index >= 15 is 0 Å². The number of ether oxygens (including phenoxy) is 1. The van der Waals surface area contributed by atoms with Crippen molar-refractivity contribution >= 4 is 17.9 Å². The van der Waals surface area contributed by atoms with Gasteiger partial charge >= 0.3 is 12.0 Å². The van der Waals surface area contributed by atoms with Crippen molar-refractivity contribution in [2.45, 2.75) is 40.2 Å². The fourth-order valence-electron chi connectivity index (χ4n) is 1.61. The lowest BCUT2D eigenvalue weighted by atomic mass is 10.1. The van der Waals surface area contributed by atoms with Crippen molar-refractivity contribution in [2.75, 3.05) is 6.61 Å². The van der Waals surface area contributed by atoms with Crippen molar-refractivity contribution in [1.29, 1.82) is 0 Å². The van der Waals surface area contributed by atoms with Gasteiger partial charge in [-0.1, -0.05) is 13.0 Å². The van der Waals surface area contributed by atoms with Gasteiger partial charge in [-0.25, -0.2) is 9.59 Å². The first-order valence-electron chi connectivity index (χ1n) is 7.18. The Morgan fingerprint density at radius 2 is 1.86 bits per heavy atom. The van der Waals surface area contributed by atoms with Crippen LogP contribution in [0.25, 0.3) is 0 Å². The van der Waals surface area contributed by atoms with E-state index in [0.717, 1.165) is 17.5 Å². The van der Waals surface area contributed by atoms with Gasteiger partial charge < -0.3 is 10.1 Å². The number of carbonyl (C=O) groups is 3. The molecule has 0 aromatic heterocycles. The highest BCUT2D eigenvalue weighted by Crippen LogP contribution is 2.10. The summed E-state index contributed by atoms with van der Waals surface area (Å²) in [5.41, 5.74) is 2.41. The summed E-state index contributed by atoms with van der Waals surface area (Å²) in [4.78, 5) is 34.8. The number of nitrogens with one attached hydrogen (secondary N) is 2. The third kappa shape index (κ3) is 5.55. The molecule has 1 aromatic rings. The van der Waals surface area contributed by atoms with E-state index < -0.39 is 24.5 Å². The van der Waals surface area contributed by atoms with Crippen LogP contribution in [-0.2, 0) is 9.53 Å². The van der Waals surface area contributed by atoms with Crippen LogP contribution in [0.1, 0.15) is 41.8 Å². The minimum absolute atomic E-state index is 0.0362. The monoisotopic (exact) mass is 306 g/mol. The molecule has 0 spiro atoms. The lowest BCUT2D eigenvalue weighted by molar-refractivity contribution is -0.123. The summed E-state index contributed by atoms with van der Waals surface area (Å²) in [7, 11) is 0. The van der Waals surface area contributed by atoms with Gasteiger partial charge in [0.1, 0.15) is 0 Å². The van der Waals surface area contributed by atoms with Gasteiger partial charge in [0.25, 0.3) is 5.91 Å². The molecule has 0 saturated heterocycles. The van der Waals surface area contributed by atoms with Gasteiger partial charge in [-0.3, -0.25) is 10.1 Å². The molecule has 6 heteroatoms. The summed E-state index contributed by atoms with van der Waals surface area (Å²) >= 11 is 0. The third-order valence-electron chi connectivity index (χ3n) is 3.32. The number of aryl methyl sites for hydroxylation is 2. The van der Waals surface area contributed by atoms with E-state index in [2.05, 4.69) is 10.6 Å². The number of amides is 3. The zero-order chi connectivity index (χ0) is 16.7. The first-order chi connectivity index (χ1) is 10.3. The summed E-state index contributed by atoms with van der Waals surface area (Å²) < 4.78 is 4.89. The van der Waals surface area contributed by atoms with Crippen LogP contribution in [0.4, 0.5) is 4.79 Å². The molecule has 120 valence electrons. The number of esters is 1. The molecule has 1 atom stereocenters. The van der Waals surface area contributed by atoms with E-state index in [4.69, 9.17) is 4.74 Å². The molecule has 0 radical (unpaired) electrons. The number of imide groups is 1. The molecule has 1 rings (SSSR count). The standard InChI is InChI=1S/C16H22N2O4/c1-5-12(4)17-16(21)18-14(19)9-22-15(20)13-7-6-10(2)11(3)8-13/h6-8,12H,5,9H2,1-4H3,(H2,17,18,19,21)/t12-/m0/s1. The van der Waals surface area contributed by atoms with Crippen LogP contribution in [0.3, 0.4) is 0 Å². The number of urea groups is 1. The predicted octanol–water partition coefficient (Wildman–Crippen LogP) is 2.08. The normalized spacial score (nSPS) is 11.5. The van der Waals surface area contributed by atoms with Crippen molar-refractivity contribution in [3.05, 3.63) is 34.9 Å². The third-order valence-corrected chi connectivity index (χ3v) is 3.32. The zero-order valence-corrected chi connectivity index (χ0v) is 13.4. The molecule has 3 amide bonds. The average molecular weight is 306 g/mol. The lowest BCUT2D eigenvalue weighted by Gasteiger charge is -2.12. The lowest BCUT2D eigenvalue weighted by Crippen LogP contribution is -2.44. The van der Waals surface area contributed by atoms with Gasteiger partial charge in [-0.05, 0) is 50.5 Å². The second-order valence-corrected chi connectivity index (χ2v) is 5.21. The Bertz CT molecular complexity index is 569. The van der Waals surface area contributed by atoms with Gasteiger partial charge in [0.15, 0.2) is 6.61 Å². The van der Waals surface area contributed by atoms with Gasteiger partial charge in [-0.15, -0.1) is 0 Å². The van der Waals surface area contributed by atoms with E-state index in [1.165, 1.54) is 0 Å². The summed E-state index contributed by atoms with van der Waals surface area (Å²) in [5.74, 6) is -1.27. The molecule has 6 nitrogen and oxygen atoms in total. The maximum absolute atomic E-state index is 11.8. The molecule has 0 aliphatic carbocycles. The van der Waals surface area contributed by atoms with Crippen LogP contribution in [0.15, 0.2) is 18.2 Å². The molecule has 0 aliphatic heterocycles. The van der Waals surface area contributed by atoms with Gasteiger partial charge in [0.2, 0.25) is 0 Å². The van der Waals surface area contributed by atoms with E-state index in [0.29, 0.717) is 5.56 Å². The fourth-order valence-corrected chi connectivity index (χ4v) is 1.61. The Morgan fingerprint density at radius 1 is 1.18 bits per heavy atom. The Hall–Kier alpha value is -2.37. The van der Waals surface area contributed by atoms with E-state index in [1.54, 1.807) is 12.1 Å². The maximum Gasteiger partial charge on any atom is 0.338 e. The number of rotatable bonds is 5. The molecule has 2 N–H and O–H groups in total. The molecule has 0 unspecified atom stereocenters. The summed E-state index contributed by atoms with van der Waals surface area (Å²) in [6.07, 6.45) is 0.753. The van der Waals surface area contributed by atoms with Crippen molar-refractivity contribution in [3.8, 4) is 0 Å². The van der Waals surface area contributed by atoms with Crippen LogP contribution in [0.5, 0.6) is 0 Å². The first kappa shape index (κ1) is 17.7. The van der Waals surface area contributed by atoms with Crippen LogP contribution < -0.4 is 10.6 Å². The minimum atomic E-state index is -0.669. The second-order valence-electron chi connectivity index (χ2n) is 5.21.